The minimum Gasteiger partial charge on any atom is -0.493 e. The minimum absolute atomic E-state index is 0.0218. The predicted octanol–water partition coefficient (Wildman–Crippen LogP) is 2.94. The van der Waals surface area contributed by atoms with Crippen LogP contribution in [-0.2, 0) is 4.79 Å². The molecule has 1 aromatic carbocycles. The van der Waals surface area contributed by atoms with Gasteiger partial charge in [0.25, 0.3) is 5.91 Å². The van der Waals surface area contributed by atoms with Crippen LogP contribution in [0.3, 0.4) is 0 Å². The van der Waals surface area contributed by atoms with Crippen LogP contribution in [0.25, 0.3) is 0 Å². The average molecular weight is 332 g/mol. The van der Waals surface area contributed by atoms with Gasteiger partial charge in [-0.25, -0.2) is 4.98 Å². The Bertz CT molecular complexity index is 637. The summed E-state index contributed by atoms with van der Waals surface area (Å²) in [5, 5.41) is 3.19. The van der Waals surface area contributed by atoms with E-state index in [0.29, 0.717) is 17.4 Å². The van der Waals surface area contributed by atoms with Gasteiger partial charge in [-0.05, 0) is 25.0 Å². The number of rotatable bonds is 5. The molecular weight excluding hydrogens is 312 g/mol. The average Bonchev–Trinajstić information content (AvgIpc) is 3.14. The molecule has 0 bridgehead atoms. The summed E-state index contributed by atoms with van der Waals surface area (Å²) in [6, 6.07) is 7.36. The third-order valence-electron chi connectivity index (χ3n) is 4.07. The van der Waals surface area contributed by atoms with Crippen LogP contribution in [0.1, 0.15) is 23.8 Å². The van der Waals surface area contributed by atoms with E-state index in [1.54, 1.807) is 24.5 Å². The van der Waals surface area contributed by atoms with E-state index in [4.69, 9.17) is 9.47 Å². The topological polar surface area (TPSA) is 51.7 Å². The molecule has 2 aromatic rings. The lowest BCUT2D eigenvalue weighted by molar-refractivity contribution is -0.134. The molecule has 1 aliphatic heterocycles. The van der Waals surface area contributed by atoms with Crippen LogP contribution in [0.4, 0.5) is 0 Å². The van der Waals surface area contributed by atoms with E-state index < -0.39 is 0 Å². The van der Waals surface area contributed by atoms with E-state index in [1.807, 2.05) is 34.7 Å². The van der Waals surface area contributed by atoms with Crippen LogP contribution >= 0.6 is 11.3 Å². The molecule has 6 heteroatoms. The maximum absolute atomic E-state index is 12.3. The number of nitrogens with zero attached hydrogens (tertiary/aromatic N) is 2. The normalized spacial score (nSPS) is 15.4. The van der Waals surface area contributed by atoms with Crippen molar-refractivity contribution in [1.82, 2.24) is 9.88 Å². The summed E-state index contributed by atoms with van der Waals surface area (Å²) in [6.45, 7) is 1.57. The molecule has 1 saturated heterocycles. The summed E-state index contributed by atoms with van der Waals surface area (Å²) in [5.74, 6) is 1.74. The number of methoxy groups -OCH3 is 1. The number of carbonyl (C=O) groups excluding carboxylic acids is 1. The third-order valence-corrected chi connectivity index (χ3v) is 5.01. The first-order chi connectivity index (χ1) is 11.3. The minimum atomic E-state index is 0.0218. The lowest BCUT2D eigenvalue weighted by atomic mass is 9.97. The molecule has 0 radical (unpaired) electrons. The van der Waals surface area contributed by atoms with Crippen LogP contribution in [0.2, 0.25) is 0 Å². The van der Waals surface area contributed by atoms with E-state index in [1.165, 1.54) is 5.01 Å². The highest BCUT2D eigenvalue weighted by atomic mass is 32.1. The molecule has 23 heavy (non-hydrogen) atoms. The number of ether oxygens (including phenoxy) is 2. The monoisotopic (exact) mass is 332 g/mol. The Morgan fingerprint density at radius 1 is 1.30 bits per heavy atom. The van der Waals surface area contributed by atoms with Crippen molar-refractivity contribution in [1.29, 1.82) is 0 Å². The smallest absolute Gasteiger partial charge is 0.260 e. The van der Waals surface area contributed by atoms with Gasteiger partial charge in [-0.2, -0.15) is 0 Å². The van der Waals surface area contributed by atoms with Gasteiger partial charge in [-0.15, -0.1) is 11.3 Å². The molecule has 5 nitrogen and oxygen atoms in total. The van der Waals surface area contributed by atoms with Gasteiger partial charge in [0, 0.05) is 30.6 Å². The zero-order valence-electron chi connectivity index (χ0n) is 13.1. The number of likely N-dealkylation sites (tertiary alicyclic amines) is 1. The van der Waals surface area contributed by atoms with Crippen molar-refractivity contribution in [2.24, 2.45) is 0 Å². The number of aromatic nitrogens is 1. The fourth-order valence-corrected chi connectivity index (χ4v) is 3.59. The number of thiazole rings is 1. The Kier molecular flexibility index (Phi) is 5.12. The lowest BCUT2D eigenvalue weighted by Gasteiger charge is -2.31. The Balaban J connectivity index is 1.50. The lowest BCUT2D eigenvalue weighted by Crippen LogP contribution is -2.40. The van der Waals surface area contributed by atoms with Crippen molar-refractivity contribution >= 4 is 17.2 Å². The highest BCUT2D eigenvalue weighted by molar-refractivity contribution is 7.09. The van der Waals surface area contributed by atoms with Crippen molar-refractivity contribution in [2.45, 2.75) is 18.8 Å². The Labute approximate surface area is 139 Å². The van der Waals surface area contributed by atoms with Crippen LogP contribution in [0, 0.1) is 0 Å². The number of hydrogen-bond acceptors (Lipinski definition) is 5. The number of piperidine rings is 1. The fraction of sp³-hybridized carbons (Fsp3) is 0.412. The molecule has 122 valence electrons. The zero-order chi connectivity index (χ0) is 16.1. The van der Waals surface area contributed by atoms with Gasteiger partial charge in [-0.3, -0.25) is 4.79 Å². The quantitative estimate of drug-likeness (QED) is 0.845. The molecule has 1 aliphatic rings. The van der Waals surface area contributed by atoms with Gasteiger partial charge in [-0.1, -0.05) is 12.1 Å². The molecule has 0 unspecified atom stereocenters. The Morgan fingerprint density at radius 2 is 2.04 bits per heavy atom. The van der Waals surface area contributed by atoms with Gasteiger partial charge in [0.1, 0.15) is 0 Å². The van der Waals surface area contributed by atoms with Crippen LogP contribution in [0.5, 0.6) is 11.5 Å². The molecule has 0 aliphatic carbocycles. The first kappa shape index (κ1) is 15.8. The first-order valence-corrected chi connectivity index (χ1v) is 8.59. The molecule has 0 spiro atoms. The Hall–Kier alpha value is -2.08. The van der Waals surface area contributed by atoms with E-state index in [2.05, 4.69) is 4.98 Å². The van der Waals surface area contributed by atoms with Gasteiger partial charge < -0.3 is 14.4 Å². The van der Waals surface area contributed by atoms with Gasteiger partial charge >= 0.3 is 0 Å². The highest BCUT2D eigenvalue weighted by Gasteiger charge is 2.25. The molecular formula is C17H20N2O3S. The Morgan fingerprint density at radius 3 is 2.70 bits per heavy atom. The highest BCUT2D eigenvalue weighted by Crippen LogP contribution is 2.29. The fourth-order valence-electron chi connectivity index (χ4n) is 2.78. The molecule has 1 amide bonds. The van der Waals surface area contributed by atoms with E-state index in [9.17, 15) is 4.79 Å². The number of para-hydroxylation sites is 2. The zero-order valence-corrected chi connectivity index (χ0v) is 13.9. The second-order valence-electron chi connectivity index (χ2n) is 5.46. The maximum Gasteiger partial charge on any atom is 0.260 e. The number of amides is 1. The molecule has 2 heterocycles. The van der Waals surface area contributed by atoms with Crippen LogP contribution < -0.4 is 9.47 Å². The van der Waals surface area contributed by atoms with E-state index in [-0.39, 0.29) is 12.5 Å². The van der Waals surface area contributed by atoms with Crippen molar-refractivity contribution in [3.63, 3.8) is 0 Å². The van der Waals surface area contributed by atoms with Crippen LogP contribution in [-0.4, -0.2) is 42.6 Å². The summed E-state index contributed by atoms with van der Waals surface area (Å²) in [4.78, 5) is 18.6. The summed E-state index contributed by atoms with van der Waals surface area (Å²) >= 11 is 1.70. The first-order valence-electron chi connectivity index (χ1n) is 7.71. The molecule has 0 atom stereocenters. The van der Waals surface area contributed by atoms with Gasteiger partial charge in [0.05, 0.1) is 12.1 Å². The SMILES string of the molecule is COc1ccccc1OCC(=O)N1CCC(c2nccs2)CC1. The summed E-state index contributed by atoms with van der Waals surface area (Å²) in [6.07, 6.45) is 3.78. The van der Waals surface area contributed by atoms with Crippen molar-refractivity contribution < 1.29 is 14.3 Å². The third kappa shape index (κ3) is 3.82. The maximum atomic E-state index is 12.3. The second kappa shape index (κ2) is 7.46. The number of benzene rings is 1. The van der Waals surface area contributed by atoms with E-state index in [0.717, 1.165) is 25.9 Å². The summed E-state index contributed by atoms with van der Waals surface area (Å²) in [7, 11) is 1.59. The largest absolute Gasteiger partial charge is 0.493 e. The predicted molar refractivity (Wildman–Crippen MR) is 89.2 cm³/mol. The molecule has 1 aromatic heterocycles. The van der Waals surface area contributed by atoms with Crippen molar-refractivity contribution in [2.75, 3.05) is 26.8 Å². The molecule has 0 N–H and O–H groups in total. The number of hydrogen-bond donors (Lipinski definition) is 0. The molecule has 3 rings (SSSR count). The number of carbonyl (C=O) groups is 1. The van der Waals surface area contributed by atoms with Crippen LogP contribution in [0.15, 0.2) is 35.8 Å². The van der Waals surface area contributed by atoms with Gasteiger partial charge in [0.15, 0.2) is 18.1 Å². The summed E-state index contributed by atoms with van der Waals surface area (Å²) in [5.41, 5.74) is 0. The second-order valence-corrected chi connectivity index (χ2v) is 6.39. The van der Waals surface area contributed by atoms with Gasteiger partial charge in [0.2, 0.25) is 0 Å². The molecule has 1 fully saturated rings. The van der Waals surface area contributed by atoms with Crippen molar-refractivity contribution in [3.8, 4) is 11.5 Å². The van der Waals surface area contributed by atoms with E-state index >= 15 is 0 Å². The standard InChI is InChI=1S/C17H20N2O3S/c1-21-14-4-2-3-5-15(14)22-12-16(20)19-9-6-13(7-10-19)17-18-8-11-23-17/h2-5,8,11,13H,6-7,9-10,12H2,1H3. The molecule has 0 saturated carbocycles. The summed E-state index contributed by atoms with van der Waals surface area (Å²) < 4.78 is 10.8. The van der Waals surface area contributed by atoms with Crippen molar-refractivity contribution in [3.05, 3.63) is 40.8 Å².